The summed E-state index contributed by atoms with van der Waals surface area (Å²) in [6.07, 6.45) is 8.60. The van der Waals surface area contributed by atoms with Gasteiger partial charge < -0.3 is 19.3 Å². The second-order valence-electron chi connectivity index (χ2n) is 9.35. The fraction of sp³-hybridized carbons (Fsp3) is 0.267. The minimum Gasteiger partial charge on any atom is -0.439 e. The molecule has 0 unspecified atom stereocenters. The van der Waals surface area contributed by atoms with Crippen molar-refractivity contribution in [2.75, 3.05) is 36.0 Å². The van der Waals surface area contributed by atoms with Crippen LogP contribution in [0.5, 0.6) is 23.3 Å². The van der Waals surface area contributed by atoms with Crippen LogP contribution in [0.2, 0.25) is 0 Å². The average Bonchev–Trinajstić information content (AvgIpc) is 3.65. The van der Waals surface area contributed by atoms with Crippen molar-refractivity contribution in [1.29, 1.82) is 0 Å². The lowest BCUT2D eigenvalue weighted by molar-refractivity contribution is 0.462. The summed E-state index contributed by atoms with van der Waals surface area (Å²) in [7, 11) is 0. The molecule has 2 aromatic heterocycles. The summed E-state index contributed by atoms with van der Waals surface area (Å²) in [5, 5.41) is 0. The quantitative estimate of drug-likeness (QED) is 0.287. The highest BCUT2D eigenvalue weighted by molar-refractivity contribution is 5.67. The summed E-state index contributed by atoms with van der Waals surface area (Å²) >= 11 is 0. The van der Waals surface area contributed by atoms with Crippen LogP contribution in [0.25, 0.3) is 11.1 Å². The Morgan fingerprint density at radius 2 is 0.972 bits per heavy atom. The summed E-state index contributed by atoms with van der Waals surface area (Å²) in [5.74, 6) is 2.73. The highest BCUT2D eigenvalue weighted by Gasteiger charge is 2.15. The number of anilines is 2. The Kier molecular flexibility index (Phi) is 6.40. The van der Waals surface area contributed by atoms with Crippen LogP contribution in [0, 0.1) is 0 Å². The van der Waals surface area contributed by atoms with E-state index in [2.05, 4.69) is 44.0 Å². The zero-order chi connectivity index (χ0) is 24.2. The molecular formula is C30H30N4O2. The van der Waals surface area contributed by atoms with Crippen LogP contribution in [-0.2, 0) is 0 Å². The number of hydrogen-bond donors (Lipinski definition) is 0. The highest BCUT2D eigenvalue weighted by Crippen LogP contribution is 2.32. The van der Waals surface area contributed by atoms with Crippen molar-refractivity contribution >= 4 is 11.4 Å². The predicted molar refractivity (Wildman–Crippen MR) is 143 cm³/mol. The van der Waals surface area contributed by atoms with Gasteiger partial charge in [-0.15, -0.1) is 0 Å². The first-order valence-corrected chi connectivity index (χ1v) is 12.8. The van der Waals surface area contributed by atoms with Gasteiger partial charge in [0.15, 0.2) is 0 Å². The molecule has 2 fully saturated rings. The topological polar surface area (TPSA) is 50.7 Å². The smallest absolute Gasteiger partial charge is 0.221 e. The Hall–Kier alpha value is -4.06. The lowest BCUT2D eigenvalue weighted by Gasteiger charge is -2.18. The number of ether oxygens (including phenoxy) is 2. The van der Waals surface area contributed by atoms with Gasteiger partial charge in [0.1, 0.15) is 11.5 Å². The molecule has 4 aromatic rings. The number of nitrogens with zero attached hydrogens (tertiary/aromatic N) is 4. The zero-order valence-electron chi connectivity index (χ0n) is 20.3. The maximum atomic E-state index is 6.14. The molecule has 0 amide bonds. The third kappa shape index (κ3) is 5.13. The van der Waals surface area contributed by atoms with Crippen LogP contribution in [0.4, 0.5) is 11.4 Å². The Balaban J connectivity index is 1.18. The first kappa shape index (κ1) is 22.4. The van der Waals surface area contributed by atoms with Gasteiger partial charge in [-0.3, -0.25) is 0 Å². The third-order valence-corrected chi connectivity index (χ3v) is 6.83. The molecule has 0 aliphatic carbocycles. The minimum absolute atomic E-state index is 0.609. The summed E-state index contributed by atoms with van der Waals surface area (Å²) < 4.78 is 12.3. The second kappa shape index (κ2) is 10.3. The van der Waals surface area contributed by atoms with Crippen molar-refractivity contribution in [3.63, 3.8) is 0 Å². The summed E-state index contributed by atoms with van der Waals surface area (Å²) in [6, 6.07) is 24.3. The molecular weight excluding hydrogens is 448 g/mol. The van der Waals surface area contributed by atoms with E-state index < -0.39 is 0 Å². The van der Waals surface area contributed by atoms with Crippen LogP contribution in [0.15, 0.2) is 85.2 Å². The number of pyridine rings is 2. The molecule has 2 saturated heterocycles. The summed E-state index contributed by atoms with van der Waals surface area (Å²) in [6.45, 7) is 4.37. The van der Waals surface area contributed by atoms with Crippen LogP contribution >= 0.6 is 0 Å². The van der Waals surface area contributed by atoms with Crippen molar-refractivity contribution in [2.45, 2.75) is 25.7 Å². The number of benzene rings is 2. The molecule has 0 bridgehead atoms. The first-order chi connectivity index (χ1) is 17.8. The van der Waals surface area contributed by atoms with Gasteiger partial charge in [0.05, 0.1) is 0 Å². The van der Waals surface area contributed by atoms with Gasteiger partial charge in [-0.05, 0) is 73.2 Å². The third-order valence-electron chi connectivity index (χ3n) is 6.83. The van der Waals surface area contributed by atoms with Gasteiger partial charge in [0, 0.05) is 62.1 Å². The monoisotopic (exact) mass is 478 g/mol. The fourth-order valence-electron chi connectivity index (χ4n) is 4.97. The molecule has 6 heteroatoms. The van der Waals surface area contributed by atoms with Gasteiger partial charge in [0.2, 0.25) is 11.8 Å². The first-order valence-electron chi connectivity index (χ1n) is 12.8. The fourth-order valence-corrected chi connectivity index (χ4v) is 4.97. The summed E-state index contributed by atoms with van der Waals surface area (Å²) in [4.78, 5) is 13.6. The van der Waals surface area contributed by atoms with E-state index in [1.165, 1.54) is 37.1 Å². The molecule has 6 rings (SSSR count). The van der Waals surface area contributed by atoms with E-state index in [9.17, 15) is 0 Å². The van der Waals surface area contributed by atoms with E-state index in [1.54, 1.807) is 0 Å². The summed E-state index contributed by atoms with van der Waals surface area (Å²) in [5.41, 5.74) is 4.43. The SMILES string of the molecule is c1cc(Oc2cc(N3CCCC3)ccn2)cc(-c2cccc(Oc3cc(N4CCCC4)ccn3)c2)c1. The Morgan fingerprint density at radius 1 is 0.528 bits per heavy atom. The maximum Gasteiger partial charge on any atom is 0.221 e. The number of aromatic nitrogens is 2. The van der Waals surface area contributed by atoms with Crippen molar-refractivity contribution in [3.8, 4) is 34.4 Å². The Bertz CT molecular complexity index is 1230. The molecule has 0 N–H and O–H groups in total. The van der Waals surface area contributed by atoms with Crippen LogP contribution < -0.4 is 19.3 Å². The van der Waals surface area contributed by atoms with Gasteiger partial charge in [-0.1, -0.05) is 24.3 Å². The molecule has 2 aromatic carbocycles. The van der Waals surface area contributed by atoms with E-state index in [4.69, 9.17) is 9.47 Å². The van der Waals surface area contributed by atoms with Crippen molar-refractivity contribution in [3.05, 3.63) is 85.2 Å². The van der Waals surface area contributed by atoms with E-state index in [0.717, 1.165) is 48.8 Å². The van der Waals surface area contributed by atoms with Crippen molar-refractivity contribution in [2.24, 2.45) is 0 Å². The molecule has 182 valence electrons. The zero-order valence-corrected chi connectivity index (χ0v) is 20.3. The standard InChI is InChI=1S/C30H30N4O2/c1-2-16-33(15-1)25-11-13-31-29(21-25)35-27-9-5-7-23(19-27)24-8-6-10-28(20-24)36-30-22-26(12-14-32-30)34-17-3-4-18-34/h5-14,19-22H,1-4,15-18H2. The van der Waals surface area contributed by atoms with Gasteiger partial charge in [-0.2, -0.15) is 0 Å². The maximum absolute atomic E-state index is 6.14. The Morgan fingerprint density at radius 3 is 1.42 bits per heavy atom. The van der Waals surface area contributed by atoms with Crippen molar-refractivity contribution in [1.82, 2.24) is 9.97 Å². The van der Waals surface area contributed by atoms with Gasteiger partial charge in [-0.25, -0.2) is 9.97 Å². The molecule has 4 heterocycles. The largest absolute Gasteiger partial charge is 0.439 e. The average molecular weight is 479 g/mol. The molecule has 0 atom stereocenters. The van der Waals surface area contributed by atoms with E-state index in [-0.39, 0.29) is 0 Å². The molecule has 0 radical (unpaired) electrons. The Labute approximate surface area is 212 Å². The lowest BCUT2D eigenvalue weighted by Crippen LogP contribution is -2.17. The van der Waals surface area contributed by atoms with E-state index in [1.807, 2.05) is 60.9 Å². The van der Waals surface area contributed by atoms with Crippen LogP contribution in [0.1, 0.15) is 25.7 Å². The second-order valence-corrected chi connectivity index (χ2v) is 9.35. The van der Waals surface area contributed by atoms with Crippen LogP contribution in [0.3, 0.4) is 0 Å². The number of hydrogen-bond acceptors (Lipinski definition) is 6. The molecule has 36 heavy (non-hydrogen) atoms. The number of rotatable bonds is 7. The normalized spacial score (nSPS) is 15.3. The molecule has 2 aliphatic heterocycles. The predicted octanol–water partition coefficient (Wildman–Crippen LogP) is 6.93. The molecule has 0 saturated carbocycles. The highest BCUT2D eigenvalue weighted by atomic mass is 16.5. The van der Waals surface area contributed by atoms with Gasteiger partial charge in [0.25, 0.3) is 0 Å². The van der Waals surface area contributed by atoms with E-state index in [0.29, 0.717) is 11.8 Å². The molecule has 6 nitrogen and oxygen atoms in total. The minimum atomic E-state index is 0.609. The van der Waals surface area contributed by atoms with Crippen LogP contribution in [-0.4, -0.2) is 36.1 Å². The lowest BCUT2D eigenvalue weighted by atomic mass is 10.1. The van der Waals surface area contributed by atoms with Gasteiger partial charge >= 0.3 is 0 Å². The van der Waals surface area contributed by atoms with Crippen molar-refractivity contribution < 1.29 is 9.47 Å². The van der Waals surface area contributed by atoms with E-state index >= 15 is 0 Å². The molecule has 2 aliphatic rings. The molecule has 0 spiro atoms.